The summed E-state index contributed by atoms with van der Waals surface area (Å²) in [6.45, 7) is 4.20. The molecular formula is C21H25N3O5. The minimum Gasteiger partial charge on any atom is -0.481 e. The van der Waals surface area contributed by atoms with E-state index in [4.69, 9.17) is 5.11 Å². The van der Waals surface area contributed by atoms with Crippen molar-refractivity contribution in [2.75, 3.05) is 4.90 Å². The van der Waals surface area contributed by atoms with Crippen molar-refractivity contribution in [3.05, 3.63) is 53.3 Å². The van der Waals surface area contributed by atoms with Crippen molar-refractivity contribution in [2.24, 2.45) is 5.92 Å². The molecule has 0 unspecified atom stereocenters. The molecule has 1 aliphatic rings. The Morgan fingerprint density at radius 3 is 2.45 bits per heavy atom. The number of nitrogens with one attached hydrogen (secondary N) is 2. The van der Waals surface area contributed by atoms with E-state index >= 15 is 0 Å². The maximum Gasteiger partial charge on any atom is 0.352 e. The maximum atomic E-state index is 13.4. The zero-order chi connectivity index (χ0) is 21.1. The molecule has 0 saturated carbocycles. The Labute approximate surface area is 168 Å². The van der Waals surface area contributed by atoms with Gasteiger partial charge < -0.3 is 20.1 Å². The molecule has 1 aliphatic heterocycles. The van der Waals surface area contributed by atoms with Crippen molar-refractivity contribution < 1.29 is 24.6 Å². The fourth-order valence-electron chi connectivity index (χ4n) is 3.64. The summed E-state index contributed by atoms with van der Waals surface area (Å²) in [4.78, 5) is 40.5. The third kappa shape index (κ3) is 4.48. The van der Waals surface area contributed by atoms with Crippen LogP contribution in [0.1, 0.15) is 54.5 Å². The number of benzene rings is 1. The normalized spacial score (nSPS) is 19.1. The number of aromatic amines is 1. The molecule has 0 bridgehead atoms. The van der Waals surface area contributed by atoms with E-state index < -0.39 is 18.0 Å². The molecule has 1 amide bonds. The Balaban J connectivity index is 2.07. The first-order valence-electron chi connectivity index (χ1n) is 9.57. The Hall–Kier alpha value is -3.13. The van der Waals surface area contributed by atoms with E-state index in [1.165, 1.54) is 6.07 Å². The van der Waals surface area contributed by atoms with Crippen LogP contribution >= 0.6 is 0 Å². The lowest BCUT2D eigenvalue weighted by Gasteiger charge is -2.25. The summed E-state index contributed by atoms with van der Waals surface area (Å²) in [6.07, 6.45) is 0.0143. The second kappa shape index (κ2) is 8.48. The van der Waals surface area contributed by atoms with E-state index in [9.17, 15) is 19.5 Å². The van der Waals surface area contributed by atoms with Gasteiger partial charge in [0.05, 0.1) is 30.0 Å². The largest absolute Gasteiger partial charge is 0.481 e. The number of rotatable bonds is 7. The fourth-order valence-corrected chi connectivity index (χ4v) is 3.64. The smallest absolute Gasteiger partial charge is 0.352 e. The van der Waals surface area contributed by atoms with E-state index in [0.717, 1.165) is 5.56 Å². The van der Waals surface area contributed by atoms with Crippen molar-refractivity contribution in [2.45, 2.75) is 45.3 Å². The number of aromatic nitrogens is 1. The van der Waals surface area contributed by atoms with Gasteiger partial charge in [0.15, 0.2) is 0 Å². The second-order valence-electron chi connectivity index (χ2n) is 7.57. The minimum absolute atomic E-state index is 0.0114. The van der Waals surface area contributed by atoms with E-state index in [-0.39, 0.29) is 42.9 Å². The van der Waals surface area contributed by atoms with E-state index in [1.54, 1.807) is 4.90 Å². The van der Waals surface area contributed by atoms with Crippen LogP contribution in [0.3, 0.4) is 0 Å². The lowest BCUT2D eigenvalue weighted by Crippen LogP contribution is -2.46. The summed E-state index contributed by atoms with van der Waals surface area (Å²) in [6, 6.07) is 9.88. The van der Waals surface area contributed by atoms with Crippen molar-refractivity contribution in [1.82, 2.24) is 10.3 Å². The van der Waals surface area contributed by atoms with Crippen LogP contribution in [0.2, 0.25) is 0 Å². The molecule has 3 rings (SSSR count). The number of carbonyl (C=O) groups is 3. The number of aliphatic carboxylic acids is 1. The third-order valence-electron chi connectivity index (χ3n) is 5.10. The van der Waals surface area contributed by atoms with E-state index in [0.29, 0.717) is 11.4 Å². The first kappa shape index (κ1) is 20.6. The number of carbonyl (C=O) groups excluding carboxylic acids is 1. The predicted octanol–water partition coefficient (Wildman–Crippen LogP) is 2.78. The van der Waals surface area contributed by atoms with Gasteiger partial charge >= 0.3 is 11.9 Å². The van der Waals surface area contributed by atoms with Gasteiger partial charge in [-0.3, -0.25) is 14.9 Å². The zero-order valence-corrected chi connectivity index (χ0v) is 16.4. The summed E-state index contributed by atoms with van der Waals surface area (Å²) in [7, 11) is 0. The van der Waals surface area contributed by atoms with Gasteiger partial charge in [-0.05, 0) is 24.0 Å². The molecule has 29 heavy (non-hydrogen) atoms. The average Bonchev–Trinajstić information content (AvgIpc) is 3.07. The fraction of sp³-hybridized carbons (Fsp3) is 0.381. The number of amides is 1. The maximum absolute atomic E-state index is 13.4. The lowest BCUT2D eigenvalue weighted by molar-refractivity contribution is -0.137. The van der Waals surface area contributed by atoms with Crippen LogP contribution in [0, 0.1) is 5.92 Å². The molecule has 0 aliphatic carbocycles. The number of carboxylic acids is 2. The van der Waals surface area contributed by atoms with Crippen LogP contribution in [-0.4, -0.2) is 39.1 Å². The molecule has 2 aromatic rings. The summed E-state index contributed by atoms with van der Waals surface area (Å²) >= 11 is 0. The van der Waals surface area contributed by atoms with Crippen LogP contribution in [0.15, 0.2) is 36.4 Å². The summed E-state index contributed by atoms with van der Waals surface area (Å²) in [5.74, 6) is -2.29. The summed E-state index contributed by atoms with van der Waals surface area (Å²) in [5, 5.41) is 21.8. The number of H-pyrrole nitrogens is 1. The van der Waals surface area contributed by atoms with E-state index in [2.05, 4.69) is 10.3 Å². The molecule has 1 aromatic heterocycles. The van der Waals surface area contributed by atoms with Crippen molar-refractivity contribution in [3.8, 4) is 0 Å². The highest BCUT2D eigenvalue weighted by molar-refractivity contribution is 6.00. The SMILES string of the molecule is CC(C)[C@@H]1N[C@@H](CCC(=O)O)C(=O)N(Cc2ccccc2)c2cc(C(=O)O)[nH]c21. The van der Waals surface area contributed by atoms with Crippen LogP contribution in [0.5, 0.6) is 0 Å². The standard InChI is InChI=1S/C21H25N3O5/c1-12(2)18-19-16(10-15(23-19)21(28)29)24(11-13-6-4-3-5-7-13)20(27)14(22-18)8-9-17(25)26/h3-7,10,12,14,18,22-23H,8-9,11H2,1-2H3,(H,25,26)(H,28,29)/t14-,18-/m0/s1. The van der Waals surface area contributed by atoms with E-state index in [1.807, 2.05) is 44.2 Å². The highest BCUT2D eigenvalue weighted by Gasteiger charge is 2.37. The highest BCUT2D eigenvalue weighted by atomic mass is 16.4. The Morgan fingerprint density at radius 1 is 1.17 bits per heavy atom. The highest BCUT2D eigenvalue weighted by Crippen LogP contribution is 2.36. The topological polar surface area (TPSA) is 123 Å². The number of carboxylic acid groups (broad SMARTS) is 2. The molecular weight excluding hydrogens is 374 g/mol. The molecule has 8 heteroatoms. The number of aromatic carboxylic acids is 1. The number of hydrogen-bond donors (Lipinski definition) is 4. The molecule has 2 heterocycles. The Morgan fingerprint density at radius 2 is 1.86 bits per heavy atom. The van der Waals surface area contributed by atoms with Crippen LogP contribution in [-0.2, 0) is 16.1 Å². The van der Waals surface area contributed by atoms with Gasteiger partial charge in [0.1, 0.15) is 5.69 Å². The second-order valence-corrected chi connectivity index (χ2v) is 7.57. The van der Waals surface area contributed by atoms with Gasteiger partial charge in [0, 0.05) is 6.42 Å². The van der Waals surface area contributed by atoms with Crippen LogP contribution < -0.4 is 10.2 Å². The Kier molecular flexibility index (Phi) is 6.03. The molecule has 4 N–H and O–H groups in total. The number of hydrogen-bond acceptors (Lipinski definition) is 4. The van der Waals surface area contributed by atoms with Gasteiger partial charge in [0.25, 0.3) is 0 Å². The monoisotopic (exact) mass is 399 g/mol. The van der Waals surface area contributed by atoms with Crippen LogP contribution in [0.4, 0.5) is 5.69 Å². The average molecular weight is 399 g/mol. The third-order valence-corrected chi connectivity index (χ3v) is 5.10. The quantitative estimate of drug-likeness (QED) is 0.568. The van der Waals surface area contributed by atoms with Gasteiger partial charge in [-0.15, -0.1) is 0 Å². The van der Waals surface area contributed by atoms with Crippen molar-refractivity contribution in [3.63, 3.8) is 0 Å². The molecule has 0 spiro atoms. The van der Waals surface area contributed by atoms with Gasteiger partial charge in [0.2, 0.25) is 5.91 Å². The number of anilines is 1. The molecule has 8 nitrogen and oxygen atoms in total. The van der Waals surface area contributed by atoms with Gasteiger partial charge in [-0.1, -0.05) is 44.2 Å². The minimum atomic E-state index is -1.10. The van der Waals surface area contributed by atoms with Gasteiger partial charge in [-0.25, -0.2) is 4.79 Å². The molecule has 0 fully saturated rings. The summed E-state index contributed by atoms with van der Waals surface area (Å²) in [5.41, 5.74) is 2.04. The zero-order valence-electron chi connectivity index (χ0n) is 16.4. The first-order valence-corrected chi connectivity index (χ1v) is 9.57. The van der Waals surface area contributed by atoms with Crippen LogP contribution in [0.25, 0.3) is 0 Å². The van der Waals surface area contributed by atoms with Crippen molar-refractivity contribution >= 4 is 23.5 Å². The number of nitrogens with zero attached hydrogens (tertiary/aromatic N) is 1. The predicted molar refractivity (Wildman–Crippen MR) is 107 cm³/mol. The van der Waals surface area contributed by atoms with Crippen molar-refractivity contribution in [1.29, 1.82) is 0 Å². The first-order chi connectivity index (χ1) is 13.8. The summed E-state index contributed by atoms with van der Waals surface area (Å²) < 4.78 is 0. The lowest BCUT2D eigenvalue weighted by atomic mass is 9.99. The molecule has 154 valence electrons. The molecule has 0 radical (unpaired) electrons. The molecule has 2 atom stereocenters. The molecule has 0 saturated heterocycles. The molecule has 1 aromatic carbocycles. The number of fused-ring (bicyclic) bond motifs is 1. The van der Waals surface area contributed by atoms with Gasteiger partial charge in [-0.2, -0.15) is 0 Å². The Bertz CT molecular complexity index is 906.